The first-order chi connectivity index (χ1) is 19.7. The Hall–Kier alpha value is -2.54. The highest BCUT2D eigenvalue weighted by Crippen LogP contribution is 2.35. The van der Waals surface area contributed by atoms with Gasteiger partial charge in [0.15, 0.2) is 6.29 Å². The molecule has 40 heavy (non-hydrogen) atoms. The summed E-state index contributed by atoms with van der Waals surface area (Å²) in [6.45, 7) is 5.71. The molecule has 1 aliphatic heterocycles. The van der Waals surface area contributed by atoms with Crippen LogP contribution in [0.4, 0.5) is 0 Å². The number of hydrogen-bond acceptors (Lipinski definition) is 5. The van der Waals surface area contributed by atoms with E-state index in [1.54, 1.807) is 0 Å². The molecule has 0 radical (unpaired) electrons. The van der Waals surface area contributed by atoms with Crippen LogP contribution < -0.4 is 0 Å². The minimum Gasteiger partial charge on any atom is -0.368 e. The van der Waals surface area contributed by atoms with E-state index in [1.807, 2.05) is 54.6 Å². The molecule has 0 spiro atoms. The zero-order valence-electron chi connectivity index (χ0n) is 23.9. The van der Waals surface area contributed by atoms with Gasteiger partial charge in [-0.1, -0.05) is 117 Å². The van der Waals surface area contributed by atoms with Crippen LogP contribution >= 0.6 is 0 Å². The van der Waals surface area contributed by atoms with Crippen LogP contribution in [0.5, 0.6) is 0 Å². The Labute approximate surface area is 239 Å². The first-order valence-corrected chi connectivity index (χ1v) is 15.0. The molecule has 214 valence electrons. The second-order valence-electron chi connectivity index (χ2n) is 11.1. The van der Waals surface area contributed by atoms with Gasteiger partial charge in [0.1, 0.15) is 18.3 Å². The summed E-state index contributed by atoms with van der Waals surface area (Å²) in [4.78, 5) is 0. The van der Waals surface area contributed by atoms with Crippen molar-refractivity contribution in [3.8, 4) is 0 Å². The van der Waals surface area contributed by atoms with E-state index in [-0.39, 0.29) is 24.4 Å². The summed E-state index contributed by atoms with van der Waals surface area (Å²) in [7, 11) is 0. The van der Waals surface area contributed by atoms with Gasteiger partial charge in [-0.2, -0.15) is 0 Å². The van der Waals surface area contributed by atoms with Crippen LogP contribution in [0.1, 0.15) is 62.6 Å². The van der Waals surface area contributed by atoms with Crippen LogP contribution in [0.25, 0.3) is 0 Å². The minimum atomic E-state index is -0.534. The van der Waals surface area contributed by atoms with Crippen molar-refractivity contribution < 1.29 is 23.7 Å². The second kappa shape index (κ2) is 14.9. The lowest BCUT2D eigenvalue weighted by molar-refractivity contribution is -0.333. The molecule has 3 aromatic carbocycles. The minimum absolute atomic E-state index is 0.162. The molecular weight excluding hydrogens is 500 g/mol. The van der Waals surface area contributed by atoms with Crippen LogP contribution in [-0.4, -0.2) is 36.8 Å². The molecule has 5 rings (SSSR count). The van der Waals surface area contributed by atoms with Gasteiger partial charge in [-0.15, -0.1) is 0 Å². The molecule has 2 fully saturated rings. The van der Waals surface area contributed by atoms with Gasteiger partial charge in [-0.05, 0) is 42.4 Å². The fourth-order valence-corrected chi connectivity index (χ4v) is 5.97. The van der Waals surface area contributed by atoms with E-state index in [4.69, 9.17) is 23.7 Å². The maximum Gasteiger partial charge on any atom is 0.187 e. The van der Waals surface area contributed by atoms with Gasteiger partial charge < -0.3 is 23.7 Å². The van der Waals surface area contributed by atoms with Gasteiger partial charge in [-0.3, -0.25) is 0 Å². The molecule has 1 saturated heterocycles. The van der Waals surface area contributed by atoms with Crippen LogP contribution in [-0.2, 0) is 43.5 Å². The fourth-order valence-electron chi connectivity index (χ4n) is 5.97. The topological polar surface area (TPSA) is 46.2 Å². The second-order valence-corrected chi connectivity index (χ2v) is 11.1. The van der Waals surface area contributed by atoms with Gasteiger partial charge >= 0.3 is 0 Å². The molecule has 5 nitrogen and oxygen atoms in total. The summed E-state index contributed by atoms with van der Waals surface area (Å²) in [5.74, 6) is 0.540. The maximum absolute atomic E-state index is 6.82. The zero-order chi connectivity index (χ0) is 27.6. The fraction of sp³-hybridized carbons (Fsp3) is 0.486. The molecule has 3 aromatic rings. The molecule has 0 aromatic heterocycles. The molecule has 7 atom stereocenters. The van der Waals surface area contributed by atoms with Crippen LogP contribution in [0.3, 0.4) is 0 Å². The largest absolute Gasteiger partial charge is 0.368 e. The van der Waals surface area contributed by atoms with Gasteiger partial charge in [0, 0.05) is 0 Å². The van der Waals surface area contributed by atoms with Crippen molar-refractivity contribution in [2.75, 3.05) is 0 Å². The monoisotopic (exact) mass is 544 g/mol. The maximum atomic E-state index is 6.82. The summed E-state index contributed by atoms with van der Waals surface area (Å²) >= 11 is 0. The zero-order valence-corrected chi connectivity index (χ0v) is 23.9. The van der Waals surface area contributed by atoms with Gasteiger partial charge in [0.2, 0.25) is 0 Å². The third-order valence-electron chi connectivity index (χ3n) is 8.26. The van der Waals surface area contributed by atoms with Crippen molar-refractivity contribution in [3.63, 3.8) is 0 Å². The summed E-state index contributed by atoms with van der Waals surface area (Å²) in [6, 6.07) is 30.8. The molecule has 0 N–H and O–H groups in total. The summed E-state index contributed by atoms with van der Waals surface area (Å²) in [5, 5.41) is 0. The molecule has 1 saturated carbocycles. The first-order valence-electron chi connectivity index (χ1n) is 15.0. The van der Waals surface area contributed by atoms with E-state index >= 15 is 0 Å². The molecule has 1 aliphatic carbocycles. The van der Waals surface area contributed by atoms with E-state index in [1.165, 1.54) is 19.3 Å². The Morgan fingerprint density at radius 3 is 1.62 bits per heavy atom. The van der Waals surface area contributed by atoms with Crippen molar-refractivity contribution in [2.45, 2.75) is 103 Å². The van der Waals surface area contributed by atoms with Gasteiger partial charge in [-0.25, -0.2) is 0 Å². The number of rotatable bonds is 12. The average molecular weight is 545 g/mol. The smallest absolute Gasteiger partial charge is 0.187 e. The Kier molecular flexibility index (Phi) is 10.8. The quantitative estimate of drug-likeness (QED) is 0.237. The van der Waals surface area contributed by atoms with E-state index < -0.39 is 12.4 Å². The third kappa shape index (κ3) is 7.80. The number of hydrogen-bond donors (Lipinski definition) is 0. The molecular formula is C35H44O5. The lowest BCUT2D eigenvalue weighted by atomic mass is 9.84. The Morgan fingerprint density at radius 1 is 0.625 bits per heavy atom. The Bertz CT molecular complexity index is 1110. The van der Waals surface area contributed by atoms with Crippen molar-refractivity contribution >= 4 is 0 Å². The average Bonchev–Trinajstić information content (AvgIpc) is 3.01. The summed E-state index contributed by atoms with van der Waals surface area (Å²) < 4.78 is 33.4. The number of ether oxygens (including phenoxy) is 5. The lowest BCUT2D eigenvalue weighted by Crippen LogP contribution is -2.60. The Balaban J connectivity index is 1.40. The summed E-state index contributed by atoms with van der Waals surface area (Å²) in [5.41, 5.74) is 3.33. The summed E-state index contributed by atoms with van der Waals surface area (Å²) in [6.07, 6.45) is 4.10. The molecule has 5 heteroatoms. The van der Waals surface area contributed by atoms with E-state index in [0.29, 0.717) is 25.7 Å². The number of benzene rings is 3. The van der Waals surface area contributed by atoms with Crippen molar-refractivity contribution in [3.05, 3.63) is 108 Å². The highest BCUT2D eigenvalue weighted by Gasteiger charge is 2.48. The molecule has 0 bridgehead atoms. The third-order valence-corrected chi connectivity index (χ3v) is 8.26. The van der Waals surface area contributed by atoms with Crippen LogP contribution in [0.15, 0.2) is 91.0 Å². The predicted octanol–water partition coefficient (Wildman–Crippen LogP) is 7.47. The van der Waals surface area contributed by atoms with Crippen molar-refractivity contribution in [1.29, 1.82) is 0 Å². The van der Waals surface area contributed by atoms with Gasteiger partial charge in [0.05, 0.1) is 32.0 Å². The van der Waals surface area contributed by atoms with Crippen molar-refractivity contribution in [2.24, 2.45) is 5.92 Å². The Morgan fingerprint density at radius 2 is 1.10 bits per heavy atom. The standard InChI is InChI=1S/C35H44O5/c1-3-30-21-13-14-22-31(30)40-35-34(38-25-29-19-11-6-12-20-29)33(37-24-28-17-9-5-10-18-28)32(26(2)39-35)36-23-27-15-7-4-8-16-27/h4-12,15-20,26,30-35H,3,13-14,21-25H2,1-2H3/t26-,30+,31-,32+,33+,34-,35+/m1/s1. The van der Waals surface area contributed by atoms with E-state index in [2.05, 4.69) is 50.2 Å². The highest BCUT2D eigenvalue weighted by molar-refractivity contribution is 5.15. The lowest BCUT2D eigenvalue weighted by Gasteiger charge is -2.46. The van der Waals surface area contributed by atoms with Crippen molar-refractivity contribution in [1.82, 2.24) is 0 Å². The highest BCUT2D eigenvalue weighted by atomic mass is 16.7. The van der Waals surface area contributed by atoms with E-state index in [9.17, 15) is 0 Å². The first kappa shape index (κ1) is 29.0. The van der Waals surface area contributed by atoms with Crippen LogP contribution in [0.2, 0.25) is 0 Å². The van der Waals surface area contributed by atoms with Gasteiger partial charge in [0.25, 0.3) is 0 Å². The molecule has 0 unspecified atom stereocenters. The molecule has 1 heterocycles. The normalized spacial score (nSPS) is 28.8. The molecule has 2 aliphatic rings. The van der Waals surface area contributed by atoms with E-state index in [0.717, 1.165) is 29.5 Å². The van der Waals surface area contributed by atoms with Crippen LogP contribution in [0, 0.1) is 5.92 Å². The SMILES string of the molecule is CC[C@H]1CCCC[C@H]1O[C@@H]1O[C@H](C)[C@H](OCc2ccccc2)[C@H](OCc2ccccc2)[C@H]1OCc1ccccc1. The molecule has 0 amide bonds. The predicted molar refractivity (Wildman–Crippen MR) is 157 cm³/mol.